The number of hydrogen-bond acceptors (Lipinski definition) is 3. The molecule has 2 aromatic heterocycles. The van der Waals surface area contributed by atoms with E-state index < -0.39 is 0 Å². The smallest absolute Gasteiger partial charge is 0.271 e. The molecule has 1 aliphatic carbocycles. The van der Waals surface area contributed by atoms with Crippen LogP contribution in [0.4, 0.5) is 0 Å². The fourth-order valence-electron chi connectivity index (χ4n) is 3.12. The van der Waals surface area contributed by atoms with Crippen LogP contribution in [-0.2, 0) is 0 Å². The van der Waals surface area contributed by atoms with Crippen LogP contribution in [0.15, 0.2) is 48.8 Å². The molecule has 25 heavy (non-hydrogen) atoms. The zero-order valence-electron chi connectivity index (χ0n) is 14.4. The van der Waals surface area contributed by atoms with Crippen molar-refractivity contribution in [3.05, 3.63) is 65.6 Å². The Morgan fingerprint density at radius 2 is 2.04 bits per heavy atom. The van der Waals surface area contributed by atoms with Crippen molar-refractivity contribution in [3.63, 3.8) is 0 Å². The molecule has 1 aliphatic rings. The second kappa shape index (κ2) is 6.24. The van der Waals surface area contributed by atoms with Gasteiger partial charge in [0.2, 0.25) is 0 Å². The van der Waals surface area contributed by atoms with Crippen LogP contribution < -0.4 is 10.1 Å². The van der Waals surface area contributed by atoms with Gasteiger partial charge >= 0.3 is 0 Å². The molecule has 0 radical (unpaired) electrons. The highest BCUT2D eigenvalue weighted by Gasteiger charge is 2.34. The summed E-state index contributed by atoms with van der Waals surface area (Å²) in [6.45, 7) is 2.02. The van der Waals surface area contributed by atoms with Crippen molar-refractivity contribution in [2.45, 2.75) is 25.8 Å². The Balaban J connectivity index is 1.57. The molecule has 1 fully saturated rings. The highest BCUT2D eigenvalue weighted by Crippen LogP contribution is 2.41. The van der Waals surface area contributed by atoms with Gasteiger partial charge in [-0.1, -0.05) is 12.1 Å². The maximum atomic E-state index is 12.7. The molecular weight excluding hydrogens is 314 g/mol. The van der Waals surface area contributed by atoms with E-state index in [4.69, 9.17) is 4.74 Å². The molecular formula is C20H21N3O2. The number of ether oxygens (including phenoxy) is 1. The molecule has 128 valence electrons. The Morgan fingerprint density at radius 1 is 1.28 bits per heavy atom. The first kappa shape index (κ1) is 15.7. The normalized spacial score (nSPS) is 15.1. The Labute approximate surface area is 146 Å². The van der Waals surface area contributed by atoms with E-state index in [0.717, 1.165) is 35.4 Å². The average Bonchev–Trinajstić information content (AvgIpc) is 3.38. The van der Waals surface area contributed by atoms with Crippen molar-refractivity contribution in [2.75, 3.05) is 7.11 Å². The Bertz CT molecular complexity index is 910. The number of imidazole rings is 1. The van der Waals surface area contributed by atoms with Crippen molar-refractivity contribution in [2.24, 2.45) is 5.92 Å². The van der Waals surface area contributed by atoms with E-state index in [2.05, 4.69) is 10.3 Å². The number of carbonyl (C=O) groups is 1. The Morgan fingerprint density at radius 3 is 2.72 bits per heavy atom. The lowest BCUT2D eigenvalue weighted by atomic mass is 10.0. The molecule has 4 rings (SSSR count). The number of nitrogens with one attached hydrogen (secondary N) is 1. The molecule has 1 aromatic carbocycles. The van der Waals surface area contributed by atoms with Crippen LogP contribution in [0.1, 0.15) is 40.5 Å². The SMILES string of the molecule is COc1ccc(C(NC(=O)c2cn3ccc(C)cc3n2)C2CC2)cc1. The predicted molar refractivity (Wildman–Crippen MR) is 95.9 cm³/mol. The largest absolute Gasteiger partial charge is 0.497 e. The summed E-state index contributed by atoms with van der Waals surface area (Å²) in [7, 11) is 1.65. The summed E-state index contributed by atoms with van der Waals surface area (Å²) in [5.41, 5.74) is 3.47. The van der Waals surface area contributed by atoms with Crippen LogP contribution in [0.2, 0.25) is 0 Å². The molecule has 1 unspecified atom stereocenters. The zero-order chi connectivity index (χ0) is 17.4. The first-order valence-corrected chi connectivity index (χ1v) is 8.54. The number of benzene rings is 1. The minimum absolute atomic E-state index is 0.0185. The van der Waals surface area contributed by atoms with E-state index >= 15 is 0 Å². The summed E-state index contributed by atoms with van der Waals surface area (Å²) in [6, 6.07) is 11.9. The molecule has 1 atom stereocenters. The minimum atomic E-state index is -0.130. The number of carbonyl (C=O) groups excluding carboxylic acids is 1. The topological polar surface area (TPSA) is 55.6 Å². The van der Waals surface area contributed by atoms with Crippen LogP contribution in [-0.4, -0.2) is 22.4 Å². The summed E-state index contributed by atoms with van der Waals surface area (Å²) in [6.07, 6.45) is 5.99. The first-order valence-electron chi connectivity index (χ1n) is 8.54. The van der Waals surface area contributed by atoms with Gasteiger partial charge in [0.1, 0.15) is 17.1 Å². The van der Waals surface area contributed by atoms with Crippen LogP contribution >= 0.6 is 0 Å². The van der Waals surface area contributed by atoms with Gasteiger partial charge in [-0.2, -0.15) is 0 Å². The standard InChI is InChI=1S/C20H21N3O2/c1-13-9-10-23-12-17(21-18(23)11-13)20(24)22-19(14-3-4-14)15-5-7-16(25-2)8-6-15/h5-12,14,19H,3-4H2,1-2H3,(H,22,24). The second-order valence-corrected chi connectivity index (χ2v) is 6.66. The van der Waals surface area contributed by atoms with Crippen molar-refractivity contribution < 1.29 is 9.53 Å². The van der Waals surface area contributed by atoms with Crippen LogP contribution in [0.5, 0.6) is 5.75 Å². The van der Waals surface area contributed by atoms with Gasteiger partial charge in [0.05, 0.1) is 13.2 Å². The zero-order valence-corrected chi connectivity index (χ0v) is 14.4. The molecule has 5 nitrogen and oxygen atoms in total. The van der Waals surface area contributed by atoms with Crippen molar-refractivity contribution in [1.82, 2.24) is 14.7 Å². The fraction of sp³-hybridized carbons (Fsp3) is 0.300. The van der Waals surface area contributed by atoms with Crippen molar-refractivity contribution in [1.29, 1.82) is 0 Å². The summed E-state index contributed by atoms with van der Waals surface area (Å²) in [5, 5.41) is 3.17. The maximum absolute atomic E-state index is 12.7. The van der Waals surface area contributed by atoms with Gasteiger partial charge in [0.15, 0.2) is 0 Å². The number of hydrogen-bond donors (Lipinski definition) is 1. The first-order chi connectivity index (χ1) is 12.1. The lowest BCUT2D eigenvalue weighted by Gasteiger charge is -2.18. The number of fused-ring (bicyclic) bond motifs is 1. The van der Waals surface area contributed by atoms with Gasteiger partial charge in [-0.3, -0.25) is 4.79 Å². The number of rotatable bonds is 5. The summed E-state index contributed by atoms with van der Waals surface area (Å²) in [4.78, 5) is 17.2. The maximum Gasteiger partial charge on any atom is 0.271 e. The summed E-state index contributed by atoms with van der Waals surface area (Å²) >= 11 is 0. The lowest BCUT2D eigenvalue weighted by molar-refractivity contribution is 0.0927. The van der Waals surface area contributed by atoms with E-state index in [1.165, 1.54) is 0 Å². The molecule has 1 amide bonds. The third-order valence-corrected chi connectivity index (χ3v) is 4.70. The number of aromatic nitrogens is 2. The molecule has 1 saturated carbocycles. The third-order valence-electron chi connectivity index (χ3n) is 4.70. The minimum Gasteiger partial charge on any atom is -0.497 e. The average molecular weight is 335 g/mol. The Hall–Kier alpha value is -2.82. The van der Waals surface area contributed by atoms with Gasteiger partial charge in [-0.15, -0.1) is 0 Å². The molecule has 0 bridgehead atoms. The predicted octanol–water partition coefficient (Wildman–Crippen LogP) is 3.53. The third kappa shape index (κ3) is 3.22. The molecule has 5 heteroatoms. The number of nitrogens with zero attached hydrogens (tertiary/aromatic N) is 2. The molecule has 0 spiro atoms. The lowest BCUT2D eigenvalue weighted by Crippen LogP contribution is -2.30. The number of pyridine rings is 1. The highest BCUT2D eigenvalue weighted by molar-refractivity contribution is 5.93. The molecule has 3 aromatic rings. The fourth-order valence-corrected chi connectivity index (χ4v) is 3.12. The van der Waals surface area contributed by atoms with Crippen molar-refractivity contribution >= 4 is 11.6 Å². The van der Waals surface area contributed by atoms with Crippen LogP contribution in [0.25, 0.3) is 5.65 Å². The van der Waals surface area contributed by atoms with E-state index in [1.54, 1.807) is 13.3 Å². The summed E-state index contributed by atoms with van der Waals surface area (Å²) < 4.78 is 7.10. The van der Waals surface area contributed by atoms with Gasteiger partial charge in [-0.25, -0.2) is 4.98 Å². The van der Waals surface area contributed by atoms with Gasteiger partial charge in [0.25, 0.3) is 5.91 Å². The molecule has 1 N–H and O–H groups in total. The highest BCUT2D eigenvalue weighted by atomic mass is 16.5. The monoisotopic (exact) mass is 335 g/mol. The Kier molecular flexibility index (Phi) is 3.92. The van der Waals surface area contributed by atoms with Gasteiger partial charge in [-0.05, 0) is 61.1 Å². The van der Waals surface area contributed by atoms with E-state index in [9.17, 15) is 4.79 Å². The van der Waals surface area contributed by atoms with Crippen LogP contribution in [0, 0.1) is 12.8 Å². The second-order valence-electron chi connectivity index (χ2n) is 6.66. The van der Waals surface area contributed by atoms with Gasteiger partial charge in [0, 0.05) is 12.4 Å². The number of amides is 1. The van der Waals surface area contributed by atoms with E-state index in [1.807, 2.05) is 53.9 Å². The number of aryl methyl sites for hydroxylation is 1. The van der Waals surface area contributed by atoms with Crippen LogP contribution in [0.3, 0.4) is 0 Å². The molecule has 0 saturated heterocycles. The van der Waals surface area contributed by atoms with E-state index in [-0.39, 0.29) is 11.9 Å². The van der Waals surface area contributed by atoms with Crippen molar-refractivity contribution in [3.8, 4) is 5.75 Å². The summed E-state index contributed by atoms with van der Waals surface area (Å²) in [5.74, 6) is 1.19. The molecule has 0 aliphatic heterocycles. The molecule has 2 heterocycles. The van der Waals surface area contributed by atoms with Gasteiger partial charge < -0.3 is 14.5 Å². The van der Waals surface area contributed by atoms with E-state index in [0.29, 0.717) is 11.6 Å². The number of methoxy groups -OCH3 is 1. The quantitative estimate of drug-likeness (QED) is 0.776.